The molecule has 1 aromatic heterocycles. The number of amides is 3. The van der Waals surface area contributed by atoms with E-state index in [0.717, 1.165) is 6.07 Å². The van der Waals surface area contributed by atoms with Gasteiger partial charge in [-0.05, 0) is 25.1 Å². The minimum Gasteiger partial charge on any atom is -0.467 e. The van der Waals surface area contributed by atoms with Gasteiger partial charge in [0.2, 0.25) is 5.95 Å². The number of anilines is 2. The van der Waals surface area contributed by atoms with Crippen molar-refractivity contribution in [1.29, 1.82) is 0 Å². The minimum atomic E-state index is -4.23. The summed E-state index contributed by atoms with van der Waals surface area (Å²) >= 11 is 0. The maximum absolute atomic E-state index is 12.3. The Morgan fingerprint density at radius 1 is 1.07 bits per heavy atom. The van der Waals surface area contributed by atoms with Crippen LogP contribution in [0, 0.1) is 6.92 Å². The molecular formula is C14H16N6O6S. The van der Waals surface area contributed by atoms with Crippen molar-refractivity contribution < 1.29 is 27.5 Å². The van der Waals surface area contributed by atoms with E-state index in [0.29, 0.717) is 0 Å². The molecule has 0 fully saturated rings. The van der Waals surface area contributed by atoms with Crippen LogP contribution in [0.4, 0.5) is 21.2 Å². The summed E-state index contributed by atoms with van der Waals surface area (Å²) < 4.78 is 35.8. The zero-order valence-corrected chi connectivity index (χ0v) is 15.3. The first kappa shape index (κ1) is 19.8. The van der Waals surface area contributed by atoms with Crippen LogP contribution in [0.3, 0.4) is 0 Å². The van der Waals surface area contributed by atoms with Crippen LogP contribution in [0.15, 0.2) is 29.2 Å². The van der Waals surface area contributed by atoms with E-state index >= 15 is 0 Å². The Labute approximate surface area is 154 Å². The first-order valence-electron chi connectivity index (χ1n) is 7.29. The van der Waals surface area contributed by atoms with E-state index in [1.807, 2.05) is 4.72 Å². The molecule has 0 aliphatic rings. The van der Waals surface area contributed by atoms with Crippen molar-refractivity contribution in [2.45, 2.75) is 11.8 Å². The van der Waals surface area contributed by atoms with Gasteiger partial charge in [-0.2, -0.15) is 15.0 Å². The molecule has 12 nitrogen and oxygen atoms in total. The van der Waals surface area contributed by atoms with E-state index in [4.69, 9.17) is 4.74 Å². The Hall–Kier alpha value is -3.48. The van der Waals surface area contributed by atoms with Gasteiger partial charge in [-0.15, -0.1) is 0 Å². The van der Waals surface area contributed by atoms with E-state index < -0.39 is 22.1 Å². The fourth-order valence-electron chi connectivity index (χ4n) is 1.82. The lowest BCUT2D eigenvalue weighted by Crippen LogP contribution is -2.35. The lowest BCUT2D eigenvalue weighted by molar-refractivity contribution is 0.187. The van der Waals surface area contributed by atoms with Crippen LogP contribution in [-0.2, 0) is 14.8 Å². The Morgan fingerprint density at radius 3 is 2.48 bits per heavy atom. The third kappa shape index (κ3) is 5.50. The number of hydrogen-bond donors (Lipinski definition) is 3. The largest absolute Gasteiger partial charge is 0.467 e. The molecule has 2 aromatic rings. The molecule has 0 bridgehead atoms. The second-order valence-corrected chi connectivity index (χ2v) is 6.58. The smallest absolute Gasteiger partial charge is 0.411 e. The van der Waals surface area contributed by atoms with Crippen molar-refractivity contribution in [3.05, 3.63) is 30.1 Å². The monoisotopic (exact) mass is 396 g/mol. The summed E-state index contributed by atoms with van der Waals surface area (Å²) in [5.74, 6) is 0.0785. The number of benzene rings is 1. The number of ether oxygens (including phenoxy) is 2. The maximum Gasteiger partial charge on any atom is 0.411 e. The predicted octanol–water partition coefficient (Wildman–Crippen LogP) is 0.877. The number of urea groups is 1. The molecule has 13 heteroatoms. The van der Waals surface area contributed by atoms with E-state index in [1.165, 1.54) is 32.4 Å². The predicted molar refractivity (Wildman–Crippen MR) is 92.9 cm³/mol. The lowest BCUT2D eigenvalue weighted by Gasteiger charge is -2.10. The van der Waals surface area contributed by atoms with Crippen LogP contribution in [0.25, 0.3) is 0 Å². The van der Waals surface area contributed by atoms with Gasteiger partial charge in [0.15, 0.2) is 0 Å². The highest BCUT2D eigenvalue weighted by Crippen LogP contribution is 2.16. The van der Waals surface area contributed by atoms with Crippen molar-refractivity contribution in [3.8, 4) is 6.01 Å². The number of carbonyl (C=O) groups is 2. The highest BCUT2D eigenvalue weighted by molar-refractivity contribution is 7.90. The third-order valence-electron chi connectivity index (χ3n) is 2.94. The van der Waals surface area contributed by atoms with Gasteiger partial charge in [0, 0.05) is 5.69 Å². The molecule has 2 rings (SSSR count). The summed E-state index contributed by atoms with van der Waals surface area (Å²) in [7, 11) is -1.73. The average molecular weight is 396 g/mol. The van der Waals surface area contributed by atoms with Gasteiger partial charge in [0.05, 0.1) is 19.1 Å². The number of rotatable bonds is 5. The molecule has 144 valence electrons. The SMILES string of the molecule is COC(=O)Nc1cccc(S(=O)(=O)NC(=O)Nc2nc(C)nc(OC)n2)c1. The summed E-state index contributed by atoms with van der Waals surface area (Å²) in [4.78, 5) is 34.4. The van der Waals surface area contributed by atoms with E-state index in [-0.39, 0.29) is 28.4 Å². The van der Waals surface area contributed by atoms with E-state index in [1.54, 1.807) is 6.92 Å². The molecule has 0 unspecified atom stereocenters. The second-order valence-electron chi connectivity index (χ2n) is 4.90. The number of nitrogens with one attached hydrogen (secondary N) is 3. The van der Waals surface area contributed by atoms with Gasteiger partial charge in [-0.25, -0.2) is 22.7 Å². The van der Waals surface area contributed by atoms with Crippen LogP contribution in [0.5, 0.6) is 6.01 Å². The first-order valence-corrected chi connectivity index (χ1v) is 8.77. The number of aryl methyl sites for hydroxylation is 1. The fraction of sp³-hybridized carbons (Fsp3) is 0.214. The van der Waals surface area contributed by atoms with Gasteiger partial charge >= 0.3 is 18.1 Å². The number of sulfonamides is 1. The van der Waals surface area contributed by atoms with Crippen molar-refractivity contribution in [3.63, 3.8) is 0 Å². The maximum atomic E-state index is 12.3. The normalized spacial score (nSPS) is 10.6. The van der Waals surface area contributed by atoms with Gasteiger partial charge in [-0.1, -0.05) is 6.07 Å². The molecule has 3 amide bonds. The average Bonchev–Trinajstić information content (AvgIpc) is 2.60. The van der Waals surface area contributed by atoms with Crippen LogP contribution >= 0.6 is 0 Å². The quantitative estimate of drug-likeness (QED) is 0.666. The molecule has 0 atom stereocenters. The number of aromatic nitrogens is 3. The van der Waals surface area contributed by atoms with Gasteiger partial charge in [-0.3, -0.25) is 10.6 Å². The van der Waals surface area contributed by atoms with E-state index in [2.05, 4.69) is 30.3 Å². The molecule has 1 heterocycles. The number of nitrogens with zero attached hydrogens (tertiary/aromatic N) is 3. The highest BCUT2D eigenvalue weighted by atomic mass is 32.2. The summed E-state index contributed by atoms with van der Waals surface area (Å²) in [6, 6.07) is 4.11. The molecule has 0 saturated carbocycles. The molecule has 0 spiro atoms. The molecule has 27 heavy (non-hydrogen) atoms. The summed E-state index contributed by atoms with van der Waals surface area (Å²) in [6.07, 6.45) is -0.769. The van der Waals surface area contributed by atoms with Crippen LogP contribution in [0.2, 0.25) is 0 Å². The lowest BCUT2D eigenvalue weighted by atomic mass is 10.3. The molecule has 0 aliphatic heterocycles. The Bertz CT molecular complexity index is 964. The van der Waals surface area contributed by atoms with Crippen LogP contribution < -0.4 is 20.1 Å². The standard InChI is InChI=1S/C14H16N6O6S/c1-8-15-11(19-13(16-8)25-2)18-12(21)20-27(23,24)10-6-4-5-9(7-10)17-14(22)26-3/h4-7H,1-3H3,(H,17,22)(H2,15,16,18,19,20,21). The van der Waals surface area contributed by atoms with Crippen LogP contribution in [-0.4, -0.2) is 49.7 Å². The number of hydrogen-bond acceptors (Lipinski definition) is 9. The van der Waals surface area contributed by atoms with Gasteiger partial charge < -0.3 is 9.47 Å². The summed E-state index contributed by atoms with van der Waals surface area (Å²) in [6.45, 7) is 1.55. The van der Waals surface area contributed by atoms with Crippen LogP contribution in [0.1, 0.15) is 5.82 Å². The van der Waals surface area contributed by atoms with E-state index in [9.17, 15) is 18.0 Å². The molecule has 0 radical (unpaired) electrons. The molecule has 0 saturated heterocycles. The number of methoxy groups -OCH3 is 2. The number of carbonyl (C=O) groups excluding carboxylic acids is 2. The zero-order chi connectivity index (χ0) is 20.0. The van der Waals surface area contributed by atoms with Gasteiger partial charge in [0.1, 0.15) is 5.82 Å². The minimum absolute atomic E-state index is 0.0396. The van der Waals surface area contributed by atoms with Gasteiger partial charge in [0.25, 0.3) is 10.0 Å². The molecule has 1 aromatic carbocycles. The molecule has 3 N–H and O–H groups in total. The summed E-state index contributed by atoms with van der Waals surface area (Å²) in [5.41, 5.74) is 0.169. The van der Waals surface area contributed by atoms with Crippen molar-refractivity contribution in [2.24, 2.45) is 0 Å². The highest BCUT2D eigenvalue weighted by Gasteiger charge is 2.19. The van der Waals surface area contributed by atoms with Crippen molar-refractivity contribution >= 4 is 33.8 Å². The Morgan fingerprint density at radius 2 is 1.81 bits per heavy atom. The Kier molecular flexibility index (Phi) is 6.07. The third-order valence-corrected chi connectivity index (χ3v) is 4.27. The van der Waals surface area contributed by atoms with Crippen molar-refractivity contribution in [2.75, 3.05) is 24.9 Å². The first-order chi connectivity index (χ1) is 12.7. The fourth-order valence-corrected chi connectivity index (χ4v) is 2.78. The second kappa shape index (κ2) is 8.27. The Balaban J connectivity index is 2.14. The summed E-state index contributed by atoms with van der Waals surface area (Å²) in [5, 5.41) is 4.50. The van der Waals surface area contributed by atoms with Crippen molar-refractivity contribution in [1.82, 2.24) is 19.7 Å². The molecule has 0 aliphatic carbocycles. The zero-order valence-electron chi connectivity index (χ0n) is 14.5. The molecular weight excluding hydrogens is 380 g/mol. The topological polar surface area (TPSA) is 162 Å².